The van der Waals surface area contributed by atoms with Gasteiger partial charge in [-0.25, -0.2) is 0 Å². The number of morpholine rings is 1. The Bertz CT molecular complexity index is 858. The molecule has 5 nitrogen and oxygen atoms in total. The minimum Gasteiger partial charge on any atom is -0.378 e. The molecule has 27 heavy (non-hydrogen) atoms. The molecule has 0 unspecified atom stereocenters. The molecule has 0 N–H and O–H groups in total. The van der Waals surface area contributed by atoms with E-state index in [2.05, 4.69) is 81.2 Å². The fourth-order valence-electron chi connectivity index (χ4n) is 3.15. The van der Waals surface area contributed by atoms with E-state index in [0.29, 0.717) is 0 Å². The van der Waals surface area contributed by atoms with Gasteiger partial charge in [-0.15, -0.1) is 10.2 Å². The van der Waals surface area contributed by atoms with E-state index in [0.717, 1.165) is 55.3 Å². The van der Waals surface area contributed by atoms with Crippen LogP contribution in [0.5, 0.6) is 0 Å². The lowest BCUT2D eigenvalue weighted by Crippen LogP contribution is -2.37. The van der Waals surface area contributed by atoms with Crippen molar-refractivity contribution in [3.05, 3.63) is 65.7 Å². The van der Waals surface area contributed by atoms with Crippen molar-refractivity contribution >= 4 is 17.7 Å². The van der Waals surface area contributed by atoms with Crippen LogP contribution in [0.15, 0.2) is 59.8 Å². The predicted molar refractivity (Wildman–Crippen MR) is 110 cm³/mol. The van der Waals surface area contributed by atoms with Crippen LogP contribution in [0.4, 0.5) is 5.95 Å². The summed E-state index contributed by atoms with van der Waals surface area (Å²) in [5.74, 6) is 1.88. The predicted octanol–water partition coefficient (Wildman–Crippen LogP) is 3.75. The van der Waals surface area contributed by atoms with Crippen LogP contribution in [-0.2, 0) is 11.2 Å². The van der Waals surface area contributed by atoms with Gasteiger partial charge in [0.2, 0.25) is 5.95 Å². The third kappa shape index (κ3) is 4.34. The first kappa shape index (κ1) is 18.1. The van der Waals surface area contributed by atoms with Crippen LogP contribution in [0.2, 0.25) is 0 Å². The quantitative estimate of drug-likeness (QED) is 0.610. The number of ether oxygens (including phenoxy) is 1. The molecule has 6 heteroatoms. The summed E-state index contributed by atoms with van der Waals surface area (Å²) in [6.07, 6.45) is 1.01. The maximum atomic E-state index is 5.50. The van der Waals surface area contributed by atoms with Gasteiger partial charge in [0.15, 0.2) is 5.16 Å². The van der Waals surface area contributed by atoms with Crippen LogP contribution in [0.25, 0.3) is 5.69 Å². The summed E-state index contributed by atoms with van der Waals surface area (Å²) < 4.78 is 7.68. The number of rotatable bonds is 6. The van der Waals surface area contributed by atoms with Gasteiger partial charge >= 0.3 is 0 Å². The molecule has 2 aromatic carbocycles. The van der Waals surface area contributed by atoms with Crippen LogP contribution in [0.1, 0.15) is 11.1 Å². The smallest absolute Gasteiger partial charge is 0.232 e. The minimum atomic E-state index is 0.733. The van der Waals surface area contributed by atoms with Crippen LogP contribution < -0.4 is 4.90 Å². The zero-order valence-electron chi connectivity index (χ0n) is 15.5. The van der Waals surface area contributed by atoms with Crippen LogP contribution in [0, 0.1) is 6.92 Å². The van der Waals surface area contributed by atoms with E-state index in [1.807, 2.05) is 0 Å². The average molecular weight is 381 g/mol. The SMILES string of the molecule is Cc1ccc(-n2c(SCCc3ccccc3)nnc2N2CCOCC2)cc1. The summed E-state index contributed by atoms with van der Waals surface area (Å²) in [6.45, 7) is 5.26. The summed E-state index contributed by atoms with van der Waals surface area (Å²) in [5, 5.41) is 9.98. The van der Waals surface area contributed by atoms with Crippen LogP contribution in [0.3, 0.4) is 0 Å². The van der Waals surface area contributed by atoms with Gasteiger partial charge in [-0.2, -0.15) is 0 Å². The number of hydrogen-bond acceptors (Lipinski definition) is 5. The van der Waals surface area contributed by atoms with E-state index in [-0.39, 0.29) is 0 Å². The largest absolute Gasteiger partial charge is 0.378 e. The summed E-state index contributed by atoms with van der Waals surface area (Å²) in [7, 11) is 0. The Morgan fingerprint density at radius 3 is 2.44 bits per heavy atom. The highest BCUT2D eigenvalue weighted by Gasteiger charge is 2.21. The van der Waals surface area contributed by atoms with Crippen molar-refractivity contribution in [1.82, 2.24) is 14.8 Å². The molecule has 1 saturated heterocycles. The molecule has 1 aromatic heterocycles. The number of thioether (sulfide) groups is 1. The molecule has 0 spiro atoms. The Morgan fingerprint density at radius 2 is 1.70 bits per heavy atom. The highest BCUT2D eigenvalue weighted by molar-refractivity contribution is 7.99. The van der Waals surface area contributed by atoms with Crippen LogP contribution in [-0.4, -0.2) is 46.8 Å². The van der Waals surface area contributed by atoms with Gasteiger partial charge in [0.25, 0.3) is 0 Å². The van der Waals surface area contributed by atoms with Crippen LogP contribution >= 0.6 is 11.8 Å². The van der Waals surface area contributed by atoms with Crippen molar-refractivity contribution in [2.75, 3.05) is 37.0 Å². The zero-order chi connectivity index (χ0) is 18.5. The van der Waals surface area contributed by atoms with Crippen molar-refractivity contribution in [1.29, 1.82) is 0 Å². The van der Waals surface area contributed by atoms with E-state index in [4.69, 9.17) is 4.74 Å². The molecule has 0 saturated carbocycles. The lowest BCUT2D eigenvalue weighted by atomic mass is 10.2. The Kier molecular flexibility index (Phi) is 5.75. The van der Waals surface area contributed by atoms with Gasteiger partial charge in [0.05, 0.1) is 18.9 Å². The van der Waals surface area contributed by atoms with Gasteiger partial charge in [0.1, 0.15) is 0 Å². The molecular weight excluding hydrogens is 356 g/mol. The Morgan fingerprint density at radius 1 is 0.963 bits per heavy atom. The van der Waals surface area contributed by atoms with Gasteiger partial charge in [-0.1, -0.05) is 59.8 Å². The minimum absolute atomic E-state index is 0.733. The normalized spacial score (nSPS) is 14.5. The fourth-order valence-corrected chi connectivity index (χ4v) is 4.08. The molecule has 0 radical (unpaired) electrons. The molecule has 140 valence electrons. The molecule has 0 amide bonds. The van der Waals surface area contributed by atoms with E-state index in [1.165, 1.54) is 11.1 Å². The number of hydrogen-bond donors (Lipinski definition) is 0. The number of aryl methyl sites for hydroxylation is 2. The number of nitrogens with zero attached hydrogens (tertiary/aromatic N) is 4. The molecule has 4 rings (SSSR count). The van der Waals surface area contributed by atoms with Gasteiger partial charge in [-0.05, 0) is 31.0 Å². The van der Waals surface area contributed by atoms with Gasteiger partial charge in [-0.3, -0.25) is 4.57 Å². The lowest BCUT2D eigenvalue weighted by Gasteiger charge is -2.28. The van der Waals surface area contributed by atoms with Crippen molar-refractivity contribution in [2.45, 2.75) is 18.5 Å². The third-order valence-electron chi connectivity index (χ3n) is 4.67. The van der Waals surface area contributed by atoms with Crippen molar-refractivity contribution < 1.29 is 4.74 Å². The standard InChI is InChI=1S/C21H24N4OS/c1-17-7-9-19(10-8-17)25-20(24-12-14-26-15-13-24)22-23-21(25)27-16-11-18-5-3-2-4-6-18/h2-10H,11-16H2,1H3. The second kappa shape index (κ2) is 8.59. The third-order valence-corrected chi connectivity index (χ3v) is 5.60. The van der Waals surface area contributed by atoms with E-state index in [9.17, 15) is 0 Å². The monoisotopic (exact) mass is 380 g/mol. The fraction of sp³-hybridized carbons (Fsp3) is 0.333. The van der Waals surface area contributed by atoms with Crippen molar-refractivity contribution in [3.63, 3.8) is 0 Å². The molecule has 2 heterocycles. The second-order valence-corrected chi connectivity index (χ2v) is 7.70. The van der Waals surface area contributed by atoms with Crippen molar-refractivity contribution in [2.24, 2.45) is 0 Å². The Hall–Kier alpha value is -2.31. The highest BCUT2D eigenvalue weighted by atomic mass is 32.2. The summed E-state index contributed by atoms with van der Waals surface area (Å²) in [5.41, 5.74) is 3.70. The average Bonchev–Trinajstić information content (AvgIpc) is 3.14. The summed E-state index contributed by atoms with van der Waals surface area (Å²) in [6, 6.07) is 19.1. The molecule has 0 atom stereocenters. The molecule has 1 aliphatic rings. The summed E-state index contributed by atoms with van der Waals surface area (Å²) >= 11 is 1.76. The summed E-state index contributed by atoms with van der Waals surface area (Å²) in [4.78, 5) is 2.26. The topological polar surface area (TPSA) is 43.2 Å². The second-order valence-electron chi connectivity index (χ2n) is 6.64. The first-order valence-electron chi connectivity index (χ1n) is 9.33. The maximum absolute atomic E-state index is 5.50. The number of aromatic nitrogens is 3. The van der Waals surface area contributed by atoms with Gasteiger partial charge in [0, 0.05) is 18.8 Å². The molecule has 3 aromatic rings. The lowest BCUT2D eigenvalue weighted by molar-refractivity contribution is 0.122. The van der Waals surface area contributed by atoms with Crippen molar-refractivity contribution in [3.8, 4) is 5.69 Å². The van der Waals surface area contributed by atoms with Gasteiger partial charge < -0.3 is 9.64 Å². The number of anilines is 1. The van der Waals surface area contributed by atoms with E-state index >= 15 is 0 Å². The first-order valence-corrected chi connectivity index (χ1v) is 10.3. The van der Waals surface area contributed by atoms with E-state index in [1.54, 1.807) is 11.8 Å². The first-order chi connectivity index (χ1) is 13.3. The number of benzene rings is 2. The Labute approximate surface area is 164 Å². The molecule has 0 bridgehead atoms. The molecule has 0 aliphatic carbocycles. The molecular formula is C21H24N4OS. The Balaban J connectivity index is 1.58. The molecule has 1 fully saturated rings. The highest BCUT2D eigenvalue weighted by Crippen LogP contribution is 2.27. The maximum Gasteiger partial charge on any atom is 0.232 e. The molecule has 1 aliphatic heterocycles. The van der Waals surface area contributed by atoms with E-state index < -0.39 is 0 Å². The zero-order valence-corrected chi connectivity index (χ0v) is 16.4.